The van der Waals surface area contributed by atoms with Crippen molar-refractivity contribution in [2.75, 3.05) is 40.0 Å². The van der Waals surface area contributed by atoms with Crippen LogP contribution in [0.25, 0.3) is 0 Å². The number of carbonyl (C=O) groups excluding carboxylic acids is 2. The summed E-state index contributed by atoms with van der Waals surface area (Å²) in [4.78, 5) is 27.3. The lowest BCUT2D eigenvalue weighted by Gasteiger charge is -2.36. The molecule has 3 rings (SSSR count). The predicted octanol–water partition coefficient (Wildman–Crippen LogP) is 2.05. The predicted molar refractivity (Wildman–Crippen MR) is 117 cm³/mol. The first-order valence-electron chi connectivity index (χ1n) is 11.1. The average molecular weight is 469 g/mol. The van der Waals surface area contributed by atoms with Gasteiger partial charge >= 0.3 is 5.97 Å². The number of likely N-dealkylation sites (tertiary alicyclic amines) is 1. The Morgan fingerprint density at radius 1 is 1.19 bits per heavy atom. The van der Waals surface area contributed by atoms with Crippen LogP contribution in [0, 0.1) is 0 Å². The summed E-state index contributed by atoms with van der Waals surface area (Å²) in [5.74, 6) is -0.840. The fraction of sp³-hybridized carbons (Fsp3) is 0.636. The van der Waals surface area contributed by atoms with Crippen molar-refractivity contribution < 1.29 is 32.2 Å². The molecule has 1 amide bonds. The summed E-state index contributed by atoms with van der Waals surface area (Å²) in [5, 5.41) is 0. The van der Waals surface area contributed by atoms with Crippen molar-refractivity contribution in [3.05, 3.63) is 23.8 Å². The number of sulfonamides is 1. The fourth-order valence-corrected chi connectivity index (χ4v) is 5.75. The minimum Gasteiger partial charge on any atom is -0.495 e. The molecule has 1 aromatic rings. The van der Waals surface area contributed by atoms with Gasteiger partial charge in [0, 0.05) is 25.7 Å². The molecule has 2 aliphatic heterocycles. The first-order chi connectivity index (χ1) is 15.3. The van der Waals surface area contributed by atoms with Crippen LogP contribution in [0.3, 0.4) is 0 Å². The Bertz CT molecular complexity index is 928. The van der Waals surface area contributed by atoms with Crippen LogP contribution in [-0.4, -0.2) is 81.6 Å². The molecular formula is C22H32N2O7S. The van der Waals surface area contributed by atoms with Crippen molar-refractivity contribution in [2.24, 2.45) is 0 Å². The van der Waals surface area contributed by atoms with E-state index in [1.165, 1.54) is 29.6 Å². The molecule has 0 aliphatic carbocycles. The van der Waals surface area contributed by atoms with Gasteiger partial charge in [-0.1, -0.05) is 6.92 Å². The Kier molecular flexibility index (Phi) is 8.13. The molecule has 2 atom stereocenters. The van der Waals surface area contributed by atoms with Crippen LogP contribution in [-0.2, 0) is 24.3 Å². The lowest BCUT2D eigenvalue weighted by molar-refractivity contribution is -0.143. The van der Waals surface area contributed by atoms with E-state index >= 15 is 0 Å². The van der Waals surface area contributed by atoms with Gasteiger partial charge < -0.3 is 19.1 Å². The largest absolute Gasteiger partial charge is 0.495 e. The number of benzene rings is 1. The number of morpholine rings is 1. The van der Waals surface area contributed by atoms with Crippen molar-refractivity contribution in [2.45, 2.75) is 56.6 Å². The van der Waals surface area contributed by atoms with Crippen LogP contribution in [0.5, 0.6) is 5.75 Å². The number of hydrogen-bond donors (Lipinski definition) is 0. The van der Waals surface area contributed by atoms with Gasteiger partial charge in [0.1, 0.15) is 10.6 Å². The normalized spacial score (nSPS) is 21.1. The molecule has 1 aromatic carbocycles. The highest BCUT2D eigenvalue weighted by Crippen LogP contribution is 2.29. The number of nitrogens with zero attached hydrogens (tertiary/aromatic N) is 2. The van der Waals surface area contributed by atoms with E-state index in [1.54, 1.807) is 11.8 Å². The molecule has 2 fully saturated rings. The molecule has 0 saturated carbocycles. The van der Waals surface area contributed by atoms with E-state index in [2.05, 4.69) is 0 Å². The summed E-state index contributed by atoms with van der Waals surface area (Å²) in [6.07, 6.45) is 2.86. The Labute approximate surface area is 189 Å². The molecule has 0 spiro atoms. The Morgan fingerprint density at radius 3 is 2.56 bits per heavy atom. The van der Waals surface area contributed by atoms with Crippen molar-refractivity contribution in [1.82, 2.24) is 9.21 Å². The van der Waals surface area contributed by atoms with Crippen molar-refractivity contribution >= 4 is 21.9 Å². The minimum absolute atomic E-state index is 0.0444. The fourth-order valence-electron chi connectivity index (χ4n) is 4.16. The third-order valence-corrected chi connectivity index (χ3v) is 7.92. The Balaban J connectivity index is 1.78. The molecule has 2 heterocycles. The lowest BCUT2D eigenvalue weighted by atomic mass is 9.99. The Morgan fingerprint density at radius 2 is 1.91 bits per heavy atom. The number of amides is 1. The van der Waals surface area contributed by atoms with Crippen LogP contribution in [0.2, 0.25) is 0 Å². The summed E-state index contributed by atoms with van der Waals surface area (Å²) < 4.78 is 43.4. The van der Waals surface area contributed by atoms with E-state index < -0.39 is 22.1 Å². The highest BCUT2D eigenvalue weighted by atomic mass is 32.2. The zero-order valence-electron chi connectivity index (χ0n) is 18.9. The highest BCUT2D eigenvalue weighted by molar-refractivity contribution is 7.89. The smallest absolute Gasteiger partial charge is 0.338 e. The first-order valence-corrected chi connectivity index (χ1v) is 12.5. The van der Waals surface area contributed by atoms with Crippen molar-refractivity contribution in [3.8, 4) is 5.75 Å². The molecule has 10 heteroatoms. The SMILES string of the molecule is CCC1CCCCN1C(=O)C(C)OC(=O)c1ccc(OC)c(S(=O)(=O)N2CCOCC2)c1. The van der Waals surface area contributed by atoms with E-state index in [1.807, 2.05) is 6.92 Å². The number of esters is 1. The molecule has 2 aliphatic rings. The second kappa shape index (κ2) is 10.6. The molecule has 32 heavy (non-hydrogen) atoms. The zero-order valence-corrected chi connectivity index (χ0v) is 19.7. The standard InChI is InChI=1S/C22H32N2O7S/c1-4-18-7-5-6-10-24(18)21(25)16(2)31-22(26)17-8-9-19(29-3)20(15-17)32(27,28)23-11-13-30-14-12-23/h8-9,15-16,18H,4-7,10-14H2,1-3H3. The van der Waals surface area contributed by atoms with E-state index in [9.17, 15) is 18.0 Å². The van der Waals surface area contributed by atoms with Gasteiger partial charge in [0.05, 0.1) is 25.9 Å². The molecule has 0 aromatic heterocycles. The first kappa shape index (κ1) is 24.5. The number of methoxy groups -OCH3 is 1. The summed E-state index contributed by atoms with van der Waals surface area (Å²) in [6, 6.07) is 4.27. The van der Waals surface area contributed by atoms with Gasteiger partial charge in [-0.2, -0.15) is 4.31 Å². The molecule has 0 N–H and O–H groups in total. The van der Waals surface area contributed by atoms with E-state index in [0.29, 0.717) is 19.8 Å². The van der Waals surface area contributed by atoms with Crippen molar-refractivity contribution in [3.63, 3.8) is 0 Å². The van der Waals surface area contributed by atoms with Crippen LogP contribution < -0.4 is 4.74 Å². The van der Waals surface area contributed by atoms with Crippen LogP contribution >= 0.6 is 0 Å². The van der Waals surface area contributed by atoms with Gasteiger partial charge in [-0.05, 0) is 50.8 Å². The molecular weight excluding hydrogens is 436 g/mol. The second-order valence-electron chi connectivity index (χ2n) is 8.02. The van der Waals surface area contributed by atoms with Gasteiger partial charge in [-0.15, -0.1) is 0 Å². The highest BCUT2D eigenvalue weighted by Gasteiger charge is 2.32. The monoisotopic (exact) mass is 468 g/mol. The van der Waals surface area contributed by atoms with Gasteiger partial charge in [-0.3, -0.25) is 4.79 Å². The number of ether oxygens (including phenoxy) is 3. The molecule has 0 bridgehead atoms. The average Bonchev–Trinajstić information content (AvgIpc) is 2.83. The Hall–Kier alpha value is -2.17. The van der Waals surface area contributed by atoms with Gasteiger partial charge in [0.25, 0.3) is 5.91 Å². The number of rotatable bonds is 7. The quantitative estimate of drug-likeness (QED) is 0.564. The molecule has 2 saturated heterocycles. The second-order valence-corrected chi connectivity index (χ2v) is 9.93. The minimum atomic E-state index is -3.89. The summed E-state index contributed by atoms with van der Waals surface area (Å²) in [5.41, 5.74) is 0.0444. The maximum absolute atomic E-state index is 13.1. The number of piperidine rings is 1. The maximum atomic E-state index is 13.1. The third-order valence-electron chi connectivity index (χ3n) is 6.00. The number of hydrogen-bond acceptors (Lipinski definition) is 7. The van der Waals surface area contributed by atoms with Crippen molar-refractivity contribution in [1.29, 1.82) is 0 Å². The topological polar surface area (TPSA) is 102 Å². The molecule has 0 radical (unpaired) electrons. The summed E-state index contributed by atoms with van der Waals surface area (Å²) in [6.45, 7) is 5.30. The molecule has 9 nitrogen and oxygen atoms in total. The zero-order chi connectivity index (χ0) is 23.3. The van der Waals surface area contributed by atoms with Crippen LogP contribution in [0.1, 0.15) is 49.9 Å². The summed E-state index contributed by atoms with van der Waals surface area (Å²) >= 11 is 0. The van der Waals surface area contributed by atoms with E-state index in [-0.39, 0.29) is 41.2 Å². The van der Waals surface area contributed by atoms with Gasteiger partial charge in [0.2, 0.25) is 10.0 Å². The van der Waals surface area contributed by atoms with Crippen LogP contribution in [0.15, 0.2) is 23.1 Å². The van der Waals surface area contributed by atoms with E-state index in [0.717, 1.165) is 25.7 Å². The lowest BCUT2D eigenvalue weighted by Crippen LogP contribution is -2.48. The maximum Gasteiger partial charge on any atom is 0.338 e. The van der Waals surface area contributed by atoms with Gasteiger partial charge in [-0.25, -0.2) is 13.2 Å². The molecule has 178 valence electrons. The third kappa shape index (κ3) is 5.24. The summed E-state index contributed by atoms with van der Waals surface area (Å²) in [7, 11) is -2.52. The number of carbonyl (C=O) groups is 2. The van der Waals surface area contributed by atoms with E-state index in [4.69, 9.17) is 14.2 Å². The molecule has 2 unspecified atom stereocenters. The van der Waals surface area contributed by atoms with Gasteiger partial charge in [0.15, 0.2) is 6.10 Å². The van der Waals surface area contributed by atoms with Crippen LogP contribution in [0.4, 0.5) is 0 Å².